The summed E-state index contributed by atoms with van der Waals surface area (Å²) in [6.07, 6.45) is 7.01. The fraction of sp³-hybridized carbons (Fsp3) is 0.475. The van der Waals surface area contributed by atoms with Crippen molar-refractivity contribution in [3.63, 3.8) is 0 Å². The van der Waals surface area contributed by atoms with Gasteiger partial charge in [0.1, 0.15) is 47.5 Å². The highest BCUT2D eigenvalue weighted by Crippen LogP contribution is 2.46. The summed E-state index contributed by atoms with van der Waals surface area (Å²) in [7, 11) is 4.07. The van der Waals surface area contributed by atoms with Crippen molar-refractivity contribution >= 4 is 80.2 Å². The molecule has 4 aliphatic rings. The number of hydrogen-bond donors (Lipinski definition) is 5. The number of benzene rings is 2. The second-order valence-electron chi connectivity index (χ2n) is 22.5. The Hall–Kier alpha value is -7.29. The first-order valence-electron chi connectivity index (χ1n) is 29.1. The van der Waals surface area contributed by atoms with Gasteiger partial charge in [0, 0.05) is 73.3 Å². The highest BCUT2D eigenvalue weighted by molar-refractivity contribution is 6.35. The van der Waals surface area contributed by atoms with Crippen molar-refractivity contribution < 1.29 is 56.3 Å². The van der Waals surface area contributed by atoms with E-state index in [0.29, 0.717) is 67.5 Å². The van der Waals surface area contributed by atoms with Crippen LogP contribution in [0.3, 0.4) is 0 Å². The number of anilines is 4. The first-order valence-corrected chi connectivity index (χ1v) is 29.8. The summed E-state index contributed by atoms with van der Waals surface area (Å²) in [5.41, 5.74) is 11.4. The third-order valence-electron chi connectivity index (χ3n) is 16.4. The average molecular weight is 1270 g/mol. The molecule has 4 fully saturated rings. The highest BCUT2D eigenvalue weighted by atomic mass is 35.5. The average Bonchev–Trinajstić information content (AvgIpc) is 1.40. The van der Waals surface area contributed by atoms with E-state index in [0.717, 1.165) is 87.4 Å². The number of nitrogen functional groups attached to an aromatic ring is 2. The summed E-state index contributed by atoms with van der Waals surface area (Å²) >= 11 is 13.3. The summed E-state index contributed by atoms with van der Waals surface area (Å²) < 4.78 is 87.3. The molecule has 4 saturated heterocycles. The summed E-state index contributed by atoms with van der Waals surface area (Å²) in [5, 5.41) is 25.5. The zero-order valence-electron chi connectivity index (χ0n) is 50.1. The number of halogens is 7. The van der Waals surface area contributed by atoms with Crippen molar-refractivity contribution in [3.05, 3.63) is 92.5 Å². The Morgan fingerprint density at radius 2 is 1.16 bits per heavy atom. The van der Waals surface area contributed by atoms with E-state index in [2.05, 4.69) is 53.6 Å². The number of aliphatic hydroxyl groups is 2. The number of piperidine rings is 1. The number of carboxylic acid groups (broad SMARTS) is 1. The summed E-state index contributed by atoms with van der Waals surface area (Å²) in [6, 6.07) is 6.33. The number of carbonyl (C=O) groups excluding carboxylic acids is 1. The fourth-order valence-corrected chi connectivity index (χ4v) is 12.1. The number of amides is 1. The largest absolute Gasteiger partial charge is 0.478 e. The maximum Gasteiger partial charge on any atom is 0.418 e. The number of fused-ring (bicyclic) bond motifs is 2. The second-order valence-corrected chi connectivity index (χ2v) is 23.3. The Morgan fingerprint density at radius 1 is 0.659 bits per heavy atom. The van der Waals surface area contributed by atoms with E-state index in [1.807, 2.05) is 32.7 Å². The second kappa shape index (κ2) is 28.9. The van der Waals surface area contributed by atoms with Gasteiger partial charge in [0.05, 0.1) is 51.3 Å². The zero-order chi connectivity index (χ0) is 63.9. The van der Waals surface area contributed by atoms with Crippen molar-refractivity contribution in [1.29, 1.82) is 0 Å². The van der Waals surface area contributed by atoms with Gasteiger partial charge in [0.2, 0.25) is 5.91 Å². The van der Waals surface area contributed by atoms with Crippen LogP contribution in [0.15, 0.2) is 48.6 Å². The number of carbonyl (C=O) groups is 2. The zero-order valence-corrected chi connectivity index (χ0v) is 51.7. The molecular formula is C61H74Cl2F5N13O7. The number of aliphatic carboxylic acids is 1. The third kappa shape index (κ3) is 15.2. The topological polar surface area (TPSA) is 259 Å². The Morgan fingerprint density at radius 3 is 1.62 bits per heavy atom. The van der Waals surface area contributed by atoms with Gasteiger partial charge < -0.3 is 60.8 Å². The lowest BCUT2D eigenvalue weighted by atomic mass is 9.98. The number of pyridine rings is 2. The molecule has 0 bridgehead atoms. The van der Waals surface area contributed by atoms with Crippen LogP contribution in [0.25, 0.3) is 44.3 Å². The van der Waals surface area contributed by atoms with Gasteiger partial charge in [-0.05, 0) is 148 Å². The Labute approximate surface area is 517 Å². The number of likely N-dealkylation sites (tertiary alicyclic amines) is 2. The van der Waals surface area contributed by atoms with Gasteiger partial charge >= 0.3 is 24.2 Å². The van der Waals surface area contributed by atoms with E-state index in [9.17, 15) is 22.8 Å². The summed E-state index contributed by atoms with van der Waals surface area (Å²) in [6.45, 7) is 13.2. The smallest absolute Gasteiger partial charge is 0.418 e. The molecule has 0 aliphatic carbocycles. The maximum absolute atomic E-state index is 16.6. The van der Waals surface area contributed by atoms with E-state index in [4.69, 9.17) is 64.4 Å². The van der Waals surface area contributed by atoms with Gasteiger partial charge in [0.25, 0.3) is 0 Å². The van der Waals surface area contributed by atoms with Crippen LogP contribution < -0.4 is 30.7 Å². The number of piperazine rings is 1. The molecule has 10 rings (SSSR count). The number of nitrogens with zero attached hydrogens (tertiary/aromatic N) is 11. The molecular weight excluding hydrogens is 1190 g/mol. The van der Waals surface area contributed by atoms with E-state index in [1.165, 1.54) is 25.1 Å². The van der Waals surface area contributed by atoms with E-state index in [-0.39, 0.29) is 99.2 Å². The molecule has 27 heteroatoms. The van der Waals surface area contributed by atoms with Crippen molar-refractivity contribution in [1.82, 2.24) is 44.6 Å². The number of ether oxygens (including phenoxy) is 2. The number of alkyl halides is 3. The first kappa shape index (κ1) is 66.7. The monoisotopic (exact) mass is 1270 g/mol. The molecule has 20 nitrogen and oxygen atoms in total. The lowest BCUT2D eigenvalue weighted by molar-refractivity contribution is -0.137. The number of carboxylic acids is 1. The Balaban J connectivity index is 0.000000206. The molecule has 88 heavy (non-hydrogen) atoms. The van der Waals surface area contributed by atoms with Gasteiger partial charge in [-0.3, -0.25) is 4.79 Å². The number of hydrogen-bond acceptors (Lipinski definition) is 18. The molecule has 4 aromatic heterocycles. The standard InChI is InChI=1S/C30H37ClFN7O3.C27H31ClF4N6O.C4H6O3/c1-17-13-23(33)34-27(19(17)3)25-22(31)14-21-28(26(25)32)35-30(42-16-20-7-5-9-37(20)4)36-29(21)39-11-10-38(15-18(39)2)24(41)8-6-12-40;1-14-11-19(33)34-24(21(14)27(30,31)32)20-18(28)12-17-23(22(20)29)35-26(39-13-16-8-6-9-37(16)3)36-25(17)38-10-5-4-7-15(38)2;5-3-1-2-4(6)7/h6,8,13-14,18,20,40H,5,7,9-12,15-16H2,1-4H3,(H2,33,34);11-12,15-16H,4-10,13H2,1-3H3,(H2,33,34);1-2,5H,3H2,(H,6,7)/b8-6+;;2-1+/t18-,20-;15-,16-;/m00./s1. The van der Waals surface area contributed by atoms with Crippen LogP contribution in [0.2, 0.25) is 10.0 Å². The number of aryl methyl sites for hydroxylation is 2. The predicted octanol–water partition coefficient (Wildman–Crippen LogP) is 9.61. The highest BCUT2D eigenvalue weighted by Gasteiger charge is 2.39. The van der Waals surface area contributed by atoms with Gasteiger partial charge in [0.15, 0.2) is 11.6 Å². The third-order valence-corrected chi connectivity index (χ3v) is 17.0. The minimum atomic E-state index is -4.81. The van der Waals surface area contributed by atoms with Crippen molar-refractivity contribution in [2.45, 2.75) is 110 Å². The number of likely N-dealkylation sites (N-methyl/N-ethyl adjacent to an activating group) is 2. The Bertz CT molecular complexity index is 3600. The number of nitrogens with two attached hydrogens (primary N) is 2. The predicted molar refractivity (Wildman–Crippen MR) is 330 cm³/mol. The molecule has 8 heterocycles. The van der Waals surface area contributed by atoms with Crippen LogP contribution in [0.4, 0.5) is 45.2 Å². The lowest BCUT2D eigenvalue weighted by Gasteiger charge is -2.40. The van der Waals surface area contributed by atoms with Crippen LogP contribution in [0, 0.1) is 32.4 Å². The van der Waals surface area contributed by atoms with E-state index in [1.54, 1.807) is 17.0 Å². The molecule has 0 unspecified atom stereocenters. The van der Waals surface area contributed by atoms with Crippen LogP contribution >= 0.6 is 23.2 Å². The van der Waals surface area contributed by atoms with Gasteiger partial charge in [-0.2, -0.15) is 33.1 Å². The van der Waals surface area contributed by atoms with E-state index >= 15 is 8.78 Å². The van der Waals surface area contributed by atoms with Crippen LogP contribution in [-0.2, 0) is 15.8 Å². The molecule has 4 atom stereocenters. The number of aromatic nitrogens is 6. The van der Waals surface area contributed by atoms with Gasteiger partial charge in [-0.15, -0.1) is 0 Å². The molecule has 1 amide bonds. The minimum absolute atomic E-state index is 0.0319. The molecule has 0 spiro atoms. The molecule has 0 radical (unpaired) electrons. The lowest BCUT2D eigenvalue weighted by Crippen LogP contribution is -2.53. The summed E-state index contributed by atoms with van der Waals surface area (Å²) in [4.78, 5) is 59.0. The van der Waals surface area contributed by atoms with Gasteiger partial charge in [-0.1, -0.05) is 35.4 Å². The molecule has 474 valence electrons. The maximum atomic E-state index is 16.6. The summed E-state index contributed by atoms with van der Waals surface area (Å²) in [5.74, 6) is -1.84. The van der Waals surface area contributed by atoms with Crippen molar-refractivity contribution in [2.24, 2.45) is 0 Å². The first-order chi connectivity index (χ1) is 41.8. The quantitative estimate of drug-likeness (QED) is 0.0502. The number of rotatable bonds is 14. The fourth-order valence-electron chi connectivity index (χ4n) is 11.6. The molecule has 2 aromatic carbocycles. The minimum Gasteiger partial charge on any atom is -0.478 e. The molecule has 7 N–H and O–H groups in total. The molecule has 4 aliphatic heterocycles. The Kier molecular flexibility index (Phi) is 21.9. The van der Waals surface area contributed by atoms with Crippen molar-refractivity contribution in [2.75, 3.05) is 101 Å². The van der Waals surface area contributed by atoms with Crippen LogP contribution in [0.1, 0.15) is 81.0 Å². The van der Waals surface area contributed by atoms with Crippen LogP contribution in [0.5, 0.6) is 12.0 Å². The van der Waals surface area contributed by atoms with Gasteiger partial charge in [-0.25, -0.2) is 23.5 Å². The van der Waals surface area contributed by atoms with Crippen molar-refractivity contribution in [3.8, 4) is 34.5 Å². The van der Waals surface area contributed by atoms with E-state index < -0.39 is 40.6 Å². The SMILES string of the molecule is Cc1cc(N)nc(-c2c(Cl)cc3c(N4CCCC[C@@H]4C)nc(OC[C@@H]4CCCN4C)nc3c2F)c1C(F)(F)F.Cc1cc(N)nc(-c2c(Cl)cc3c(N4CCN(C(=O)/C=C/CO)C[C@@H]4C)nc(OC[C@@H]4CCCN4C)nc3c2F)c1C.O=C(O)/C=C/CO. The molecule has 0 saturated carbocycles. The molecule has 6 aromatic rings. The number of aliphatic hydroxyl groups excluding tert-OH is 2. The van der Waals surface area contributed by atoms with Crippen LogP contribution in [-0.4, -0.2) is 176 Å². The normalized spacial score (nSPS) is 19.4.